The fourth-order valence-electron chi connectivity index (χ4n) is 3.27. The zero-order valence-corrected chi connectivity index (χ0v) is 17.7. The minimum atomic E-state index is -3.31. The zero-order valence-electron chi connectivity index (χ0n) is 16.1. The van der Waals surface area contributed by atoms with Crippen LogP contribution in [0.25, 0.3) is 0 Å². The molecular formula is C20H24N2O5S2. The van der Waals surface area contributed by atoms with Gasteiger partial charge in [-0.1, -0.05) is 37.3 Å². The monoisotopic (exact) mass is 436 g/mol. The molecule has 1 amide bonds. The van der Waals surface area contributed by atoms with Crippen molar-refractivity contribution in [2.45, 2.75) is 17.9 Å². The highest BCUT2D eigenvalue weighted by Gasteiger charge is 2.32. The number of nitrogens with one attached hydrogen (secondary N) is 1. The fraction of sp³-hybridized carbons (Fsp3) is 0.350. The van der Waals surface area contributed by atoms with Crippen LogP contribution in [0.5, 0.6) is 0 Å². The number of sulfone groups is 2. The highest BCUT2D eigenvalue weighted by atomic mass is 32.2. The van der Waals surface area contributed by atoms with Gasteiger partial charge in [0.1, 0.15) is 6.04 Å². The van der Waals surface area contributed by atoms with Gasteiger partial charge in [-0.3, -0.25) is 9.69 Å². The smallest absolute Gasteiger partial charge is 0.246 e. The lowest BCUT2D eigenvalue weighted by atomic mass is 10.0. The maximum atomic E-state index is 13.1. The Hall–Kier alpha value is -2.23. The largest absolute Gasteiger partial charge is 0.324 e. The summed E-state index contributed by atoms with van der Waals surface area (Å²) in [7, 11) is -6.38. The van der Waals surface area contributed by atoms with E-state index < -0.39 is 25.7 Å². The number of hydrogen-bond donors (Lipinski definition) is 1. The Bertz CT molecular complexity index is 1050. The third kappa shape index (κ3) is 5.23. The molecule has 0 saturated carbocycles. The van der Waals surface area contributed by atoms with Crippen LogP contribution in [0.3, 0.4) is 0 Å². The van der Waals surface area contributed by atoms with Crippen molar-refractivity contribution in [3.8, 4) is 0 Å². The molecule has 2 aromatic rings. The quantitative estimate of drug-likeness (QED) is 0.742. The van der Waals surface area contributed by atoms with Crippen LogP contribution >= 0.6 is 0 Å². The molecule has 1 heterocycles. The van der Waals surface area contributed by atoms with Gasteiger partial charge in [-0.2, -0.15) is 0 Å². The van der Waals surface area contributed by atoms with Crippen LogP contribution in [-0.4, -0.2) is 58.0 Å². The van der Waals surface area contributed by atoms with E-state index in [9.17, 15) is 21.6 Å². The molecule has 0 aliphatic carbocycles. The molecule has 29 heavy (non-hydrogen) atoms. The molecule has 1 atom stereocenters. The number of hydrogen-bond acceptors (Lipinski definition) is 6. The number of benzene rings is 2. The van der Waals surface area contributed by atoms with Crippen molar-refractivity contribution in [1.29, 1.82) is 0 Å². The maximum Gasteiger partial charge on any atom is 0.246 e. The van der Waals surface area contributed by atoms with Gasteiger partial charge >= 0.3 is 0 Å². The van der Waals surface area contributed by atoms with Gasteiger partial charge in [0.25, 0.3) is 0 Å². The lowest BCUT2D eigenvalue weighted by Gasteiger charge is -2.33. The normalized spacial score (nSPS) is 18.1. The van der Waals surface area contributed by atoms with E-state index in [4.69, 9.17) is 0 Å². The van der Waals surface area contributed by atoms with Crippen LogP contribution in [0.2, 0.25) is 0 Å². The Morgan fingerprint density at radius 1 is 1.03 bits per heavy atom. The van der Waals surface area contributed by atoms with Gasteiger partial charge in [0.2, 0.25) is 5.91 Å². The first kappa shape index (κ1) is 21.5. The molecule has 0 aromatic heterocycles. The maximum absolute atomic E-state index is 13.1. The van der Waals surface area contributed by atoms with Crippen LogP contribution in [0.15, 0.2) is 59.5 Å². The summed E-state index contributed by atoms with van der Waals surface area (Å²) in [5.74, 6) is -0.242. The second-order valence-corrected chi connectivity index (χ2v) is 11.5. The van der Waals surface area contributed by atoms with Crippen molar-refractivity contribution in [2.24, 2.45) is 0 Å². The summed E-state index contributed by atoms with van der Waals surface area (Å²) in [6, 6.07) is 14.6. The van der Waals surface area contributed by atoms with Crippen molar-refractivity contribution in [3.05, 3.63) is 60.2 Å². The van der Waals surface area contributed by atoms with Crippen molar-refractivity contribution < 1.29 is 21.6 Å². The Labute approximate surface area is 171 Å². The Morgan fingerprint density at radius 2 is 1.62 bits per heavy atom. The van der Waals surface area contributed by atoms with E-state index in [1.165, 1.54) is 12.1 Å². The van der Waals surface area contributed by atoms with Crippen LogP contribution in [0, 0.1) is 0 Å². The van der Waals surface area contributed by atoms with E-state index in [2.05, 4.69) is 5.32 Å². The van der Waals surface area contributed by atoms with Gasteiger partial charge in [-0.15, -0.1) is 0 Å². The average Bonchev–Trinajstić information content (AvgIpc) is 2.71. The SMILES string of the molecule is CCS(=O)(=O)c1ccc(NC(=O)C(c2ccccc2)N2CCS(=O)(=O)CC2)cc1. The first-order valence-electron chi connectivity index (χ1n) is 9.35. The minimum Gasteiger partial charge on any atom is -0.324 e. The van der Waals surface area contributed by atoms with Gasteiger partial charge < -0.3 is 5.32 Å². The fourth-order valence-corrected chi connectivity index (χ4v) is 5.38. The van der Waals surface area contributed by atoms with E-state index in [0.717, 1.165) is 5.56 Å². The van der Waals surface area contributed by atoms with E-state index in [1.54, 1.807) is 19.1 Å². The molecule has 1 aliphatic rings. The van der Waals surface area contributed by atoms with Crippen molar-refractivity contribution >= 4 is 31.3 Å². The summed E-state index contributed by atoms with van der Waals surface area (Å²) in [4.78, 5) is 15.2. The molecule has 1 N–H and O–H groups in total. The second kappa shape index (κ2) is 8.64. The molecule has 1 saturated heterocycles. The standard InChI is InChI=1S/C20H24N2O5S2/c1-2-29(26,27)18-10-8-17(9-11-18)21-20(23)19(16-6-4-3-5-7-16)22-12-14-28(24,25)15-13-22/h3-11,19H,2,12-15H2,1H3,(H,21,23). The summed E-state index contributed by atoms with van der Waals surface area (Å²) in [6.45, 7) is 2.14. The van der Waals surface area contributed by atoms with Crippen LogP contribution in [0.4, 0.5) is 5.69 Å². The summed E-state index contributed by atoms with van der Waals surface area (Å²) in [5, 5.41) is 2.83. The first-order chi connectivity index (χ1) is 13.7. The topological polar surface area (TPSA) is 101 Å². The first-order valence-corrected chi connectivity index (χ1v) is 12.8. The molecule has 2 aromatic carbocycles. The lowest BCUT2D eigenvalue weighted by molar-refractivity contribution is -0.121. The average molecular weight is 437 g/mol. The number of anilines is 1. The molecule has 0 spiro atoms. The highest BCUT2D eigenvalue weighted by Crippen LogP contribution is 2.25. The highest BCUT2D eigenvalue weighted by molar-refractivity contribution is 7.91. The number of amides is 1. The number of nitrogens with zero attached hydrogens (tertiary/aromatic N) is 1. The molecule has 1 unspecified atom stereocenters. The Morgan fingerprint density at radius 3 is 2.17 bits per heavy atom. The second-order valence-electron chi connectivity index (χ2n) is 6.92. The predicted molar refractivity (Wildman–Crippen MR) is 112 cm³/mol. The molecule has 7 nitrogen and oxygen atoms in total. The van der Waals surface area contributed by atoms with E-state index >= 15 is 0 Å². The van der Waals surface area contributed by atoms with Crippen molar-refractivity contribution in [2.75, 3.05) is 35.7 Å². The van der Waals surface area contributed by atoms with Gasteiger partial charge in [-0.05, 0) is 29.8 Å². The molecule has 0 radical (unpaired) electrons. The van der Waals surface area contributed by atoms with Crippen LogP contribution < -0.4 is 5.32 Å². The van der Waals surface area contributed by atoms with E-state index in [0.29, 0.717) is 5.69 Å². The lowest BCUT2D eigenvalue weighted by Crippen LogP contribution is -2.46. The summed E-state index contributed by atoms with van der Waals surface area (Å²) in [6.07, 6.45) is 0. The Kier molecular flexibility index (Phi) is 6.40. The minimum absolute atomic E-state index is 0.00660. The van der Waals surface area contributed by atoms with E-state index in [1.807, 2.05) is 35.2 Å². The summed E-state index contributed by atoms with van der Waals surface area (Å²) < 4.78 is 47.4. The third-order valence-electron chi connectivity index (χ3n) is 4.97. The van der Waals surface area contributed by atoms with Gasteiger partial charge in [0, 0.05) is 18.8 Å². The Balaban J connectivity index is 1.82. The number of rotatable bonds is 6. The van der Waals surface area contributed by atoms with Crippen LogP contribution in [0.1, 0.15) is 18.5 Å². The summed E-state index contributed by atoms with van der Waals surface area (Å²) >= 11 is 0. The van der Waals surface area contributed by atoms with Gasteiger partial charge in [0.15, 0.2) is 19.7 Å². The van der Waals surface area contributed by atoms with Crippen LogP contribution in [-0.2, 0) is 24.5 Å². The van der Waals surface area contributed by atoms with E-state index in [-0.39, 0.29) is 41.2 Å². The predicted octanol–water partition coefficient (Wildman–Crippen LogP) is 1.89. The molecule has 3 rings (SSSR count). The summed E-state index contributed by atoms with van der Waals surface area (Å²) in [5.41, 5.74) is 1.25. The molecular weight excluding hydrogens is 412 g/mol. The third-order valence-corrected chi connectivity index (χ3v) is 8.33. The van der Waals surface area contributed by atoms with Gasteiger partial charge in [0.05, 0.1) is 22.2 Å². The number of carbonyl (C=O) groups excluding carboxylic acids is 1. The number of carbonyl (C=O) groups is 1. The molecule has 0 bridgehead atoms. The molecule has 156 valence electrons. The molecule has 1 aliphatic heterocycles. The van der Waals surface area contributed by atoms with Crippen molar-refractivity contribution in [1.82, 2.24) is 4.90 Å². The molecule has 1 fully saturated rings. The zero-order chi connectivity index (χ0) is 21.1. The van der Waals surface area contributed by atoms with Crippen molar-refractivity contribution in [3.63, 3.8) is 0 Å². The molecule has 9 heteroatoms. The van der Waals surface area contributed by atoms with Gasteiger partial charge in [-0.25, -0.2) is 16.8 Å².